The van der Waals surface area contributed by atoms with Crippen molar-refractivity contribution >= 4 is 34.9 Å². The molecular formula is C16H15Cl2F2N3O3. The van der Waals surface area contributed by atoms with Gasteiger partial charge in [0.1, 0.15) is 5.82 Å². The van der Waals surface area contributed by atoms with Gasteiger partial charge in [-0.1, -0.05) is 23.2 Å². The van der Waals surface area contributed by atoms with E-state index in [-0.39, 0.29) is 26.0 Å². The summed E-state index contributed by atoms with van der Waals surface area (Å²) < 4.78 is 33.2. The lowest BCUT2D eigenvalue weighted by molar-refractivity contribution is -0.120. The number of carbonyl (C=O) groups excluding carboxylic acids is 1. The lowest BCUT2D eigenvalue weighted by Crippen LogP contribution is -2.38. The van der Waals surface area contributed by atoms with Gasteiger partial charge < -0.3 is 10.1 Å². The summed E-state index contributed by atoms with van der Waals surface area (Å²) in [4.78, 5) is 27.5. The van der Waals surface area contributed by atoms with Gasteiger partial charge in [-0.3, -0.25) is 4.79 Å². The third-order valence-electron chi connectivity index (χ3n) is 3.51. The minimum atomic E-state index is -3.48. The number of amides is 1. The second-order valence-electron chi connectivity index (χ2n) is 5.46. The van der Waals surface area contributed by atoms with E-state index in [0.717, 1.165) is 12.3 Å². The van der Waals surface area contributed by atoms with Crippen LogP contribution in [-0.2, 0) is 10.8 Å². The smallest absolute Gasteiger partial charge is 0.354 e. The molecular weight excluding hydrogens is 391 g/mol. The van der Waals surface area contributed by atoms with E-state index < -0.39 is 30.2 Å². The molecule has 0 saturated carbocycles. The monoisotopic (exact) mass is 405 g/mol. The van der Waals surface area contributed by atoms with Gasteiger partial charge in [-0.15, -0.1) is 0 Å². The highest BCUT2D eigenvalue weighted by atomic mass is 35.5. The minimum absolute atomic E-state index is 0.169. The van der Waals surface area contributed by atoms with Gasteiger partial charge in [-0.05, 0) is 31.2 Å². The van der Waals surface area contributed by atoms with Crippen molar-refractivity contribution in [3.05, 3.63) is 56.6 Å². The average Bonchev–Trinajstić information content (AvgIpc) is 2.56. The summed E-state index contributed by atoms with van der Waals surface area (Å²) in [6.45, 7) is 1.46. The van der Waals surface area contributed by atoms with Gasteiger partial charge in [0, 0.05) is 18.9 Å². The molecule has 1 unspecified atom stereocenters. The maximum Gasteiger partial charge on any atom is 0.354 e. The van der Waals surface area contributed by atoms with Gasteiger partial charge in [0.25, 0.3) is 5.91 Å². The van der Waals surface area contributed by atoms with E-state index in [2.05, 4.69) is 10.3 Å². The number of aromatic nitrogens is 2. The summed E-state index contributed by atoms with van der Waals surface area (Å²) in [7, 11) is 1.30. The Hall–Kier alpha value is -2.03. The third-order valence-corrected chi connectivity index (χ3v) is 4.25. The Bertz CT molecular complexity index is 874. The largest absolute Gasteiger partial charge is 0.381 e. The molecule has 2 aromatic rings. The number of benzene rings is 1. The number of carbonyl (C=O) groups is 1. The molecule has 0 aliphatic rings. The average molecular weight is 406 g/mol. The van der Waals surface area contributed by atoms with Gasteiger partial charge >= 0.3 is 11.7 Å². The quantitative estimate of drug-likeness (QED) is 0.793. The van der Waals surface area contributed by atoms with Crippen LogP contribution in [0.4, 0.5) is 14.6 Å². The Labute approximate surface area is 157 Å². The molecule has 1 amide bonds. The molecule has 1 aromatic heterocycles. The predicted octanol–water partition coefficient (Wildman–Crippen LogP) is 3.78. The summed E-state index contributed by atoms with van der Waals surface area (Å²) in [5.74, 6) is -0.786. The molecule has 10 heteroatoms. The number of methoxy groups -OCH3 is 1. The molecule has 1 aromatic carbocycles. The Kier molecular flexibility index (Phi) is 6.33. The highest BCUT2D eigenvalue weighted by Crippen LogP contribution is 2.26. The van der Waals surface area contributed by atoms with E-state index in [1.165, 1.54) is 32.2 Å². The zero-order valence-electron chi connectivity index (χ0n) is 13.8. The molecule has 140 valence electrons. The molecule has 0 spiro atoms. The second kappa shape index (κ2) is 8.11. The number of ether oxygens (including phenoxy) is 1. The van der Waals surface area contributed by atoms with Crippen LogP contribution in [0.2, 0.25) is 10.0 Å². The van der Waals surface area contributed by atoms with E-state index in [9.17, 15) is 18.4 Å². The van der Waals surface area contributed by atoms with Gasteiger partial charge in [-0.2, -0.15) is 13.8 Å². The number of rotatable bonds is 6. The molecule has 1 heterocycles. The zero-order chi connectivity index (χ0) is 19.5. The first kappa shape index (κ1) is 20.3. The fraction of sp³-hybridized carbons (Fsp3) is 0.312. The van der Waals surface area contributed by atoms with Gasteiger partial charge in [0.2, 0.25) is 0 Å². The Morgan fingerprint density at radius 1 is 1.35 bits per heavy atom. The van der Waals surface area contributed by atoms with Gasteiger partial charge in [0.15, 0.2) is 0 Å². The summed E-state index contributed by atoms with van der Waals surface area (Å²) in [6, 6.07) is 1.81. The van der Waals surface area contributed by atoms with Crippen molar-refractivity contribution in [1.82, 2.24) is 9.55 Å². The molecule has 6 nitrogen and oxygen atoms in total. The number of nitrogens with zero attached hydrogens (tertiary/aromatic N) is 2. The van der Waals surface area contributed by atoms with Crippen molar-refractivity contribution < 1.29 is 18.3 Å². The molecule has 0 radical (unpaired) electrons. The topological polar surface area (TPSA) is 73.2 Å². The summed E-state index contributed by atoms with van der Waals surface area (Å²) in [6.07, 6.45) is -0.590. The van der Waals surface area contributed by atoms with Crippen molar-refractivity contribution in [2.45, 2.75) is 25.5 Å². The van der Waals surface area contributed by atoms with E-state index in [1.807, 2.05) is 0 Å². The standard InChI is InChI=1S/C16H15Cl2F2N3O3/c1-9(26-2)8-16(19,20)23-6-5-13(22-15(23)25)21-14(24)10-3-4-11(17)12(18)7-10/h3-7,9H,8H2,1-2H3,(H,21,22,24,25). The number of hydrogen-bond acceptors (Lipinski definition) is 4. The van der Waals surface area contributed by atoms with Crippen molar-refractivity contribution in [2.24, 2.45) is 0 Å². The molecule has 2 rings (SSSR count). The van der Waals surface area contributed by atoms with Crippen LogP contribution in [0.5, 0.6) is 0 Å². The van der Waals surface area contributed by atoms with E-state index in [1.54, 1.807) is 0 Å². The van der Waals surface area contributed by atoms with Crippen molar-refractivity contribution in [3.8, 4) is 0 Å². The van der Waals surface area contributed by atoms with Gasteiger partial charge in [0.05, 0.1) is 22.6 Å². The molecule has 0 bridgehead atoms. The Balaban J connectivity index is 2.20. The fourth-order valence-corrected chi connectivity index (χ4v) is 2.37. The molecule has 0 saturated heterocycles. The van der Waals surface area contributed by atoms with Crippen LogP contribution < -0.4 is 11.0 Å². The molecule has 0 aliphatic heterocycles. The van der Waals surface area contributed by atoms with Crippen molar-refractivity contribution in [3.63, 3.8) is 0 Å². The Morgan fingerprint density at radius 2 is 2.04 bits per heavy atom. The summed E-state index contributed by atoms with van der Waals surface area (Å²) in [5, 5.41) is 2.79. The molecule has 0 fully saturated rings. The maximum atomic E-state index is 14.1. The Morgan fingerprint density at radius 3 is 2.62 bits per heavy atom. The predicted molar refractivity (Wildman–Crippen MR) is 94.2 cm³/mol. The van der Waals surface area contributed by atoms with Crippen molar-refractivity contribution in [2.75, 3.05) is 12.4 Å². The molecule has 26 heavy (non-hydrogen) atoms. The minimum Gasteiger partial charge on any atom is -0.381 e. The number of alkyl halides is 2. The number of anilines is 1. The highest BCUT2D eigenvalue weighted by molar-refractivity contribution is 6.42. The zero-order valence-corrected chi connectivity index (χ0v) is 15.3. The lowest BCUT2D eigenvalue weighted by atomic mass is 10.2. The first-order valence-electron chi connectivity index (χ1n) is 7.41. The van der Waals surface area contributed by atoms with Crippen LogP contribution in [0.15, 0.2) is 35.3 Å². The second-order valence-corrected chi connectivity index (χ2v) is 6.28. The van der Waals surface area contributed by atoms with Crippen LogP contribution in [0, 0.1) is 0 Å². The normalized spacial score (nSPS) is 12.7. The first-order valence-corrected chi connectivity index (χ1v) is 8.17. The lowest BCUT2D eigenvalue weighted by Gasteiger charge is -2.21. The van der Waals surface area contributed by atoms with E-state index in [4.69, 9.17) is 27.9 Å². The fourth-order valence-electron chi connectivity index (χ4n) is 2.08. The summed E-state index contributed by atoms with van der Waals surface area (Å²) in [5.41, 5.74) is -1.03. The number of nitrogens with one attached hydrogen (secondary N) is 1. The first-order chi connectivity index (χ1) is 12.1. The summed E-state index contributed by atoms with van der Waals surface area (Å²) >= 11 is 11.6. The maximum absolute atomic E-state index is 14.1. The van der Waals surface area contributed by atoms with Crippen LogP contribution >= 0.6 is 23.2 Å². The number of hydrogen-bond donors (Lipinski definition) is 1. The number of halogens is 4. The third kappa shape index (κ3) is 4.78. The van der Waals surface area contributed by atoms with Crippen molar-refractivity contribution in [1.29, 1.82) is 0 Å². The van der Waals surface area contributed by atoms with Crippen LogP contribution in [0.3, 0.4) is 0 Å². The highest BCUT2D eigenvalue weighted by Gasteiger charge is 2.35. The van der Waals surface area contributed by atoms with Gasteiger partial charge in [-0.25, -0.2) is 9.36 Å². The van der Waals surface area contributed by atoms with Crippen LogP contribution in [-0.4, -0.2) is 28.7 Å². The van der Waals surface area contributed by atoms with E-state index in [0.29, 0.717) is 0 Å². The van der Waals surface area contributed by atoms with E-state index >= 15 is 0 Å². The molecule has 0 aliphatic carbocycles. The molecule has 1 N–H and O–H groups in total. The SMILES string of the molecule is COC(C)CC(F)(F)n1ccc(NC(=O)c2ccc(Cl)c(Cl)c2)nc1=O. The molecule has 1 atom stereocenters. The van der Waals surface area contributed by atoms with Crippen LogP contribution in [0.25, 0.3) is 0 Å². The van der Waals surface area contributed by atoms with Crippen LogP contribution in [0.1, 0.15) is 23.7 Å².